The molecule has 142 valence electrons. The summed E-state index contributed by atoms with van der Waals surface area (Å²) >= 11 is 6.35. The van der Waals surface area contributed by atoms with Crippen molar-refractivity contribution in [1.29, 1.82) is 0 Å². The molecule has 0 spiro atoms. The van der Waals surface area contributed by atoms with Gasteiger partial charge in [0, 0.05) is 17.9 Å². The third-order valence-electron chi connectivity index (χ3n) is 4.55. The van der Waals surface area contributed by atoms with Gasteiger partial charge in [0.2, 0.25) is 17.5 Å². The third-order valence-corrected chi connectivity index (χ3v) is 4.88. The first-order valence-corrected chi connectivity index (χ1v) is 9.49. The van der Waals surface area contributed by atoms with Gasteiger partial charge < -0.3 is 10.5 Å². The third kappa shape index (κ3) is 3.70. The number of rotatable bonds is 6. The molecule has 0 bridgehead atoms. The second-order valence-electron chi connectivity index (χ2n) is 6.83. The highest BCUT2D eigenvalue weighted by molar-refractivity contribution is 6.33. The van der Waals surface area contributed by atoms with Crippen LogP contribution in [0.2, 0.25) is 5.02 Å². The molecule has 2 aromatic carbocycles. The number of hydrogen-bond acceptors (Lipinski definition) is 4. The topological polar surface area (TPSA) is 67.9 Å². The van der Waals surface area contributed by atoms with E-state index in [1.165, 1.54) is 5.01 Å². The summed E-state index contributed by atoms with van der Waals surface area (Å²) < 4.78 is 6.40. The Morgan fingerprint density at radius 1 is 1.19 bits per heavy atom. The molecule has 6 heteroatoms. The first-order chi connectivity index (χ1) is 13.0. The fourth-order valence-corrected chi connectivity index (χ4v) is 3.35. The Morgan fingerprint density at radius 3 is 2.48 bits per heavy atom. The monoisotopic (exact) mass is 385 g/mol. The van der Waals surface area contributed by atoms with E-state index in [1.54, 1.807) is 6.07 Å². The van der Waals surface area contributed by atoms with E-state index < -0.39 is 5.72 Å². The van der Waals surface area contributed by atoms with E-state index in [0.717, 1.165) is 5.56 Å². The average molecular weight is 386 g/mol. The van der Waals surface area contributed by atoms with Gasteiger partial charge in [0.05, 0.1) is 10.6 Å². The molecule has 1 unspecified atom stereocenters. The van der Waals surface area contributed by atoms with Crippen molar-refractivity contribution in [3.05, 3.63) is 70.7 Å². The van der Waals surface area contributed by atoms with Crippen molar-refractivity contribution in [3.8, 4) is 0 Å². The van der Waals surface area contributed by atoms with Crippen LogP contribution in [-0.4, -0.2) is 23.4 Å². The molecule has 0 radical (unpaired) electrons. The number of hydrazone groups is 1. The van der Waals surface area contributed by atoms with Crippen LogP contribution in [0.25, 0.3) is 0 Å². The Hall–Kier alpha value is -2.37. The van der Waals surface area contributed by atoms with Gasteiger partial charge in [-0.2, -0.15) is 5.01 Å². The molecule has 1 heterocycles. The van der Waals surface area contributed by atoms with Crippen LogP contribution in [0.1, 0.15) is 37.8 Å². The minimum Gasteiger partial charge on any atom is -0.443 e. The number of amides is 1. The molecular weight excluding hydrogens is 362 g/mol. The lowest BCUT2D eigenvalue weighted by Crippen LogP contribution is -2.46. The number of carbonyl (C=O) groups is 1. The Balaban J connectivity index is 2.13. The summed E-state index contributed by atoms with van der Waals surface area (Å²) in [6, 6.07) is 17.0. The van der Waals surface area contributed by atoms with Crippen molar-refractivity contribution in [2.45, 2.75) is 32.4 Å². The maximum Gasteiger partial charge on any atom is 0.249 e. The maximum atomic E-state index is 13.0. The molecule has 1 atom stereocenters. The van der Waals surface area contributed by atoms with Crippen LogP contribution < -0.4 is 5.73 Å². The lowest BCUT2D eigenvalue weighted by Gasteiger charge is -2.36. The van der Waals surface area contributed by atoms with Gasteiger partial charge in [0.1, 0.15) is 0 Å². The fourth-order valence-electron chi connectivity index (χ4n) is 3.13. The zero-order chi connectivity index (χ0) is 19.4. The largest absolute Gasteiger partial charge is 0.443 e. The predicted molar refractivity (Wildman–Crippen MR) is 107 cm³/mol. The molecule has 3 rings (SSSR count). The second kappa shape index (κ2) is 8.11. The number of carbonyl (C=O) groups excluding carboxylic acids is 1. The molecule has 0 saturated heterocycles. The van der Waals surface area contributed by atoms with Crippen LogP contribution in [0.4, 0.5) is 0 Å². The summed E-state index contributed by atoms with van der Waals surface area (Å²) in [5.41, 5.74) is 6.26. The number of halogens is 1. The van der Waals surface area contributed by atoms with Gasteiger partial charge in [0.25, 0.3) is 0 Å². The normalized spacial score (nSPS) is 19.1. The van der Waals surface area contributed by atoms with Gasteiger partial charge in [-0.3, -0.25) is 4.79 Å². The van der Waals surface area contributed by atoms with Crippen molar-refractivity contribution in [2.24, 2.45) is 16.8 Å². The van der Waals surface area contributed by atoms with E-state index in [-0.39, 0.29) is 11.8 Å². The molecule has 2 N–H and O–H groups in total. The van der Waals surface area contributed by atoms with Crippen molar-refractivity contribution in [2.75, 3.05) is 6.54 Å². The molecule has 1 aliphatic heterocycles. The van der Waals surface area contributed by atoms with E-state index in [4.69, 9.17) is 22.1 Å². The molecule has 2 aromatic rings. The molecule has 0 saturated carbocycles. The van der Waals surface area contributed by atoms with Gasteiger partial charge in [-0.15, -0.1) is 5.10 Å². The van der Waals surface area contributed by atoms with Crippen LogP contribution in [-0.2, 0) is 15.3 Å². The predicted octanol–water partition coefficient (Wildman–Crippen LogP) is 4.11. The number of nitrogens with two attached hydrogens (primary N) is 1. The fraction of sp³-hybridized carbons (Fsp3) is 0.333. The molecule has 0 aromatic heterocycles. The van der Waals surface area contributed by atoms with Crippen molar-refractivity contribution in [3.63, 3.8) is 0 Å². The maximum absolute atomic E-state index is 13.0. The molecule has 0 aliphatic carbocycles. The van der Waals surface area contributed by atoms with Gasteiger partial charge in [-0.1, -0.05) is 67.9 Å². The molecule has 5 nitrogen and oxygen atoms in total. The van der Waals surface area contributed by atoms with Crippen LogP contribution in [0, 0.1) is 5.92 Å². The Morgan fingerprint density at radius 2 is 1.85 bits per heavy atom. The summed E-state index contributed by atoms with van der Waals surface area (Å²) in [5.74, 6) is -0.00249. The van der Waals surface area contributed by atoms with Crippen LogP contribution in [0.3, 0.4) is 0 Å². The second-order valence-corrected chi connectivity index (χ2v) is 7.24. The summed E-state index contributed by atoms with van der Waals surface area (Å²) in [4.78, 5) is 13.0. The highest BCUT2D eigenvalue weighted by atomic mass is 35.5. The Bertz CT molecular complexity index is 838. The molecule has 0 fully saturated rings. The van der Waals surface area contributed by atoms with Crippen molar-refractivity contribution in [1.82, 2.24) is 5.01 Å². The first kappa shape index (κ1) is 19.4. The number of nitrogens with zero attached hydrogens (tertiary/aromatic N) is 2. The van der Waals surface area contributed by atoms with Crippen LogP contribution in [0.5, 0.6) is 0 Å². The van der Waals surface area contributed by atoms with E-state index in [1.807, 2.05) is 62.4 Å². The smallest absolute Gasteiger partial charge is 0.249 e. The van der Waals surface area contributed by atoms with Crippen molar-refractivity contribution < 1.29 is 9.53 Å². The number of ether oxygens (including phenoxy) is 1. The van der Waals surface area contributed by atoms with Gasteiger partial charge in [-0.25, -0.2) is 0 Å². The average Bonchev–Trinajstić information content (AvgIpc) is 3.07. The lowest BCUT2D eigenvalue weighted by atomic mass is 9.95. The van der Waals surface area contributed by atoms with Crippen LogP contribution >= 0.6 is 11.6 Å². The van der Waals surface area contributed by atoms with Crippen molar-refractivity contribution >= 4 is 23.4 Å². The standard InChI is InChI=1S/C21H24ClN3O2/c1-15(2)20(26)25-21(13-8-14-23,16-9-4-3-5-10-16)27-19(24-25)17-11-6-7-12-18(17)22/h3-7,9-12,15H,8,13-14,23H2,1-2H3. The highest BCUT2D eigenvalue weighted by Crippen LogP contribution is 2.42. The Kier molecular flexibility index (Phi) is 5.82. The van der Waals surface area contributed by atoms with E-state index in [9.17, 15) is 4.79 Å². The molecule has 27 heavy (non-hydrogen) atoms. The summed E-state index contributed by atoms with van der Waals surface area (Å²) in [6.45, 7) is 4.19. The quantitative estimate of drug-likeness (QED) is 0.813. The first-order valence-electron chi connectivity index (χ1n) is 9.12. The highest BCUT2D eigenvalue weighted by Gasteiger charge is 2.50. The molecular formula is C21H24ClN3O2. The van der Waals surface area contributed by atoms with E-state index in [2.05, 4.69) is 5.10 Å². The SMILES string of the molecule is CC(C)C(=O)N1N=C(c2ccccc2Cl)OC1(CCCN)c1ccccc1. The molecule has 1 aliphatic rings. The molecule has 1 amide bonds. The Labute approximate surface area is 164 Å². The zero-order valence-corrected chi connectivity index (χ0v) is 16.3. The minimum atomic E-state index is -1.03. The van der Waals surface area contributed by atoms with E-state index in [0.29, 0.717) is 35.9 Å². The summed E-state index contributed by atoms with van der Waals surface area (Å²) in [6.07, 6.45) is 1.21. The van der Waals surface area contributed by atoms with E-state index >= 15 is 0 Å². The summed E-state index contributed by atoms with van der Waals surface area (Å²) in [5, 5.41) is 6.57. The zero-order valence-electron chi connectivity index (χ0n) is 15.6. The lowest BCUT2D eigenvalue weighted by molar-refractivity contribution is -0.156. The van der Waals surface area contributed by atoms with Crippen LogP contribution in [0.15, 0.2) is 59.7 Å². The number of hydrogen-bond donors (Lipinski definition) is 1. The van der Waals surface area contributed by atoms with Gasteiger partial charge in [-0.05, 0) is 25.1 Å². The minimum absolute atomic E-state index is 0.113. The van der Waals surface area contributed by atoms with Gasteiger partial charge in [0.15, 0.2) is 0 Å². The number of benzene rings is 2. The summed E-state index contributed by atoms with van der Waals surface area (Å²) in [7, 11) is 0. The van der Waals surface area contributed by atoms with Gasteiger partial charge >= 0.3 is 0 Å².